The zero-order valence-electron chi connectivity index (χ0n) is 21.9. The second kappa shape index (κ2) is 8.62. The van der Waals surface area contributed by atoms with E-state index in [4.69, 9.17) is 9.97 Å². The summed E-state index contributed by atoms with van der Waals surface area (Å²) in [5.74, 6) is 0.856. The van der Waals surface area contributed by atoms with Crippen molar-refractivity contribution in [3.05, 3.63) is 133 Å². The molecule has 5 aromatic carbocycles. The van der Waals surface area contributed by atoms with Crippen molar-refractivity contribution in [3.63, 3.8) is 0 Å². The zero-order valence-corrected chi connectivity index (χ0v) is 22.7. The first-order valence-corrected chi connectivity index (χ1v) is 14.5. The first-order valence-electron chi connectivity index (χ1n) is 13.7. The number of fused-ring (bicyclic) bond motifs is 8. The van der Waals surface area contributed by atoms with E-state index in [1.54, 1.807) is 0 Å². The van der Waals surface area contributed by atoms with Gasteiger partial charge in [0.1, 0.15) is 0 Å². The molecule has 0 aliphatic heterocycles. The second-order valence-corrected chi connectivity index (χ2v) is 11.4. The molecule has 0 radical (unpaired) electrons. The molecular weight excluding hydrogens is 520 g/mol. The van der Waals surface area contributed by atoms with E-state index < -0.39 is 0 Å². The number of nitrogens with zero attached hydrogens (tertiary/aromatic N) is 4. The normalized spacial score (nSPS) is 11.9. The third-order valence-corrected chi connectivity index (χ3v) is 9.07. The molecule has 0 fully saturated rings. The highest BCUT2D eigenvalue weighted by atomic mass is 32.1. The molecule has 41 heavy (non-hydrogen) atoms. The summed E-state index contributed by atoms with van der Waals surface area (Å²) in [6.07, 6.45) is 0. The van der Waals surface area contributed by atoms with Gasteiger partial charge in [-0.05, 0) is 54.6 Å². The lowest BCUT2D eigenvalue weighted by Crippen LogP contribution is -2.05. The van der Waals surface area contributed by atoms with Gasteiger partial charge in [-0.25, -0.2) is 9.97 Å². The van der Waals surface area contributed by atoms with Crippen LogP contribution in [0.5, 0.6) is 0 Å². The zero-order chi connectivity index (χ0) is 26.9. The number of aromatic nitrogens is 4. The van der Waals surface area contributed by atoms with Crippen LogP contribution >= 0.6 is 11.3 Å². The predicted molar refractivity (Wildman–Crippen MR) is 172 cm³/mol. The largest absolute Gasteiger partial charge is 0.278 e. The highest BCUT2D eigenvalue weighted by Crippen LogP contribution is 2.43. The Hall–Kier alpha value is -5.26. The van der Waals surface area contributed by atoms with Crippen molar-refractivity contribution in [3.8, 4) is 22.9 Å². The summed E-state index contributed by atoms with van der Waals surface area (Å²) < 4.78 is 7.14. The van der Waals surface area contributed by atoms with Gasteiger partial charge >= 0.3 is 0 Å². The van der Waals surface area contributed by atoms with E-state index in [2.05, 4.69) is 137 Å². The van der Waals surface area contributed by atoms with Crippen LogP contribution in [0.3, 0.4) is 0 Å². The highest BCUT2D eigenvalue weighted by molar-refractivity contribution is 7.26. The molecule has 0 N–H and O–H groups in total. The Morgan fingerprint density at radius 3 is 2.15 bits per heavy atom. The molecule has 0 spiro atoms. The summed E-state index contributed by atoms with van der Waals surface area (Å²) in [4.78, 5) is 10.6. The van der Waals surface area contributed by atoms with Crippen molar-refractivity contribution in [1.82, 2.24) is 19.1 Å². The first kappa shape index (κ1) is 22.5. The van der Waals surface area contributed by atoms with Crippen LogP contribution in [0, 0.1) is 0 Å². The Morgan fingerprint density at radius 1 is 0.512 bits per heavy atom. The van der Waals surface area contributed by atoms with Gasteiger partial charge in [0, 0.05) is 36.8 Å². The minimum absolute atomic E-state index is 0.856. The third kappa shape index (κ3) is 3.27. The molecule has 192 valence electrons. The number of benzene rings is 5. The average Bonchev–Trinajstić information content (AvgIpc) is 3.70. The third-order valence-electron chi connectivity index (χ3n) is 7.94. The Balaban J connectivity index is 1.50. The summed E-state index contributed by atoms with van der Waals surface area (Å²) in [6, 6.07) is 46.8. The van der Waals surface area contributed by atoms with E-state index in [1.807, 2.05) is 17.4 Å². The molecule has 0 atom stereocenters. The van der Waals surface area contributed by atoms with Crippen molar-refractivity contribution >= 4 is 64.5 Å². The van der Waals surface area contributed by atoms with Crippen molar-refractivity contribution in [1.29, 1.82) is 0 Å². The number of hydrogen-bond acceptors (Lipinski definition) is 3. The number of pyridine rings is 1. The fourth-order valence-electron chi connectivity index (χ4n) is 6.15. The molecule has 4 heterocycles. The number of para-hydroxylation sites is 3. The van der Waals surface area contributed by atoms with Crippen LogP contribution in [0.2, 0.25) is 0 Å². The molecule has 0 bridgehead atoms. The van der Waals surface area contributed by atoms with Crippen LogP contribution < -0.4 is 0 Å². The molecule has 0 amide bonds. The van der Waals surface area contributed by atoms with Gasteiger partial charge in [-0.2, -0.15) is 0 Å². The van der Waals surface area contributed by atoms with E-state index >= 15 is 0 Å². The molecule has 0 unspecified atom stereocenters. The van der Waals surface area contributed by atoms with Gasteiger partial charge in [0.05, 0.1) is 33.3 Å². The number of rotatable bonds is 3. The molecule has 9 aromatic rings. The summed E-state index contributed by atoms with van der Waals surface area (Å²) in [6.45, 7) is 0. The number of imidazole rings is 1. The minimum Gasteiger partial charge on any atom is -0.278 e. The molecule has 0 saturated carbocycles. The van der Waals surface area contributed by atoms with Gasteiger partial charge in [0.2, 0.25) is 5.95 Å². The standard InChI is InChI=1S/C36H22N4S/c1-3-11-23(12-4-1)27-20-21-30-34(37-27)26-19-22-32-33(25-15-7-10-18-31(25)41-32)35(26)40(30)36-38-28-16-8-9-17-29(28)39(36)24-13-5-2-6-14-24/h1-22H. The van der Waals surface area contributed by atoms with Crippen molar-refractivity contribution in [2.45, 2.75) is 0 Å². The number of thiophene rings is 1. The summed E-state index contributed by atoms with van der Waals surface area (Å²) in [5.41, 5.74) is 8.32. The second-order valence-electron chi connectivity index (χ2n) is 10.3. The molecule has 4 aromatic heterocycles. The quantitative estimate of drug-likeness (QED) is 0.223. The van der Waals surface area contributed by atoms with Crippen LogP contribution in [0.25, 0.3) is 76.0 Å². The predicted octanol–water partition coefficient (Wildman–Crippen LogP) is 9.55. The summed E-state index contributed by atoms with van der Waals surface area (Å²) >= 11 is 1.83. The lowest BCUT2D eigenvalue weighted by Gasteiger charge is -2.13. The number of hydrogen-bond donors (Lipinski definition) is 0. The van der Waals surface area contributed by atoms with Gasteiger partial charge in [0.15, 0.2) is 0 Å². The van der Waals surface area contributed by atoms with E-state index in [9.17, 15) is 0 Å². The highest BCUT2D eigenvalue weighted by Gasteiger charge is 2.23. The van der Waals surface area contributed by atoms with Crippen molar-refractivity contribution in [2.75, 3.05) is 0 Å². The monoisotopic (exact) mass is 542 g/mol. The SMILES string of the molecule is c1ccc(-c2ccc3c(n2)c2ccc4sc5ccccc5c4c2n3-c2nc3ccccc3n2-c2ccccc2)cc1. The molecular formula is C36H22N4S. The summed E-state index contributed by atoms with van der Waals surface area (Å²) in [7, 11) is 0. The maximum absolute atomic E-state index is 5.29. The molecule has 5 heteroatoms. The van der Waals surface area contributed by atoms with E-state index in [1.165, 1.54) is 20.2 Å². The van der Waals surface area contributed by atoms with Crippen LogP contribution in [0.1, 0.15) is 0 Å². The van der Waals surface area contributed by atoms with Crippen LogP contribution in [-0.2, 0) is 0 Å². The average molecular weight is 543 g/mol. The van der Waals surface area contributed by atoms with E-state index in [0.29, 0.717) is 0 Å². The Bertz CT molecular complexity index is 2410. The Labute approximate surface area is 239 Å². The van der Waals surface area contributed by atoms with Gasteiger partial charge in [-0.15, -0.1) is 11.3 Å². The fourth-order valence-corrected chi connectivity index (χ4v) is 7.25. The molecule has 0 aliphatic rings. The van der Waals surface area contributed by atoms with Crippen LogP contribution in [0.4, 0.5) is 0 Å². The first-order chi connectivity index (χ1) is 20.3. The molecule has 9 rings (SSSR count). The van der Waals surface area contributed by atoms with Crippen molar-refractivity contribution in [2.24, 2.45) is 0 Å². The molecule has 0 aliphatic carbocycles. The minimum atomic E-state index is 0.856. The Kier molecular flexibility index (Phi) is 4.74. The van der Waals surface area contributed by atoms with Gasteiger partial charge < -0.3 is 0 Å². The summed E-state index contributed by atoms with van der Waals surface area (Å²) in [5, 5.41) is 3.63. The van der Waals surface area contributed by atoms with Crippen molar-refractivity contribution < 1.29 is 0 Å². The lowest BCUT2D eigenvalue weighted by molar-refractivity contribution is 0.957. The Morgan fingerprint density at radius 2 is 1.27 bits per heavy atom. The van der Waals surface area contributed by atoms with E-state index in [-0.39, 0.29) is 0 Å². The van der Waals surface area contributed by atoms with Gasteiger partial charge in [0.25, 0.3) is 0 Å². The topological polar surface area (TPSA) is 35.6 Å². The van der Waals surface area contributed by atoms with Gasteiger partial charge in [-0.1, -0.05) is 78.9 Å². The maximum atomic E-state index is 5.29. The lowest BCUT2D eigenvalue weighted by atomic mass is 10.1. The van der Waals surface area contributed by atoms with Crippen LogP contribution in [-0.4, -0.2) is 19.1 Å². The maximum Gasteiger partial charge on any atom is 0.220 e. The molecule has 0 saturated heterocycles. The molecule has 4 nitrogen and oxygen atoms in total. The van der Waals surface area contributed by atoms with E-state index in [0.717, 1.165) is 55.9 Å². The van der Waals surface area contributed by atoms with Crippen LogP contribution in [0.15, 0.2) is 133 Å². The van der Waals surface area contributed by atoms with Gasteiger partial charge in [-0.3, -0.25) is 9.13 Å². The fraction of sp³-hybridized carbons (Fsp3) is 0. The smallest absolute Gasteiger partial charge is 0.220 e.